The number of methoxy groups -OCH3 is 1. The molecule has 0 heterocycles. The molecule has 1 aromatic rings. The van der Waals surface area contributed by atoms with Crippen LogP contribution in [0.3, 0.4) is 0 Å². The number of carbonyl (C=O) groups is 1. The summed E-state index contributed by atoms with van der Waals surface area (Å²) < 4.78 is 36.4. The SMILES string of the molecule is COC(C)COc1c(F)cc(C(=O)O)cc1F. The first kappa shape index (κ1) is 13.4. The molecule has 1 unspecified atom stereocenters. The van der Waals surface area contributed by atoms with Gasteiger partial charge in [0, 0.05) is 7.11 Å². The number of aromatic carboxylic acids is 1. The van der Waals surface area contributed by atoms with Crippen molar-refractivity contribution in [2.24, 2.45) is 0 Å². The van der Waals surface area contributed by atoms with E-state index in [0.29, 0.717) is 12.1 Å². The molecular weight excluding hydrogens is 234 g/mol. The Kier molecular flexibility index (Phi) is 4.39. The zero-order valence-corrected chi connectivity index (χ0v) is 9.37. The van der Waals surface area contributed by atoms with Gasteiger partial charge in [0.05, 0.1) is 11.7 Å². The fraction of sp³-hybridized carbons (Fsp3) is 0.364. The molecule has 17 heavy (non-hydrogen) atoms. The van der Waals surface area contributed by atoms with Crippen LogP contribution in [0, 0.1) is 11.6 Å². The van der Waals surface area contributed by atoms with Gasteiger partial charge in [0.1, 0.15) is 6.61 Å². The third-order valence-corrected chi connectivity index (χ3v) is 2.11. The van der Waals surface area contributed by atoms with Gasteiger partial charge in [-0.2, -0.15) is 0 Å². The molecule has 0 radical (unpaired) electrons. The van der Waals surface area contributed by atoms with Gasteiger partial charge in [0.2, 0.25) is 0 Å². The average molecular weight is 246 g/mol. The van der Waals surface area contributed by atoms with E-state index in [9.17, 15) is 13.6 Å². The summed E-state index contributed by atoms with van der Waals surface area (Å²) in [7, 11) is 1.44. The first-order chi connectivity index (χ1) is 7.95. The summed E-state index contributed by atoms with van der Waals surface area (Å²) in [6, 6.07) is 1.41. The highest BCUT2D eigenvalue weighted by atomic mass is 19.1. The first-order valence-electron chi connectivity index (χ1n) is 4.83. The van der Waals surface area contributed by atoms with Crippen LogP contribution in [0.5, 0.6) is 5.75 Å². The third kappa shape index (κ3) is 3.39. The van der Waals surface area contributed by atoms with Crippen LogP contribution in [-0.2, 0) is 4.74 Å². The number of rotatable bonds is 5. The van der Waals surface area contributed by atoms with E-state index in [4.69, 9.17) is 14.6 Å². The number of carboxylic acid groups (broad SMARTS) is 1. The maximum atomic E-state index is 13.4. The van der Waals surface area contributed by atoms with Crippen LogP contribution in [0.1, 0.15) is 17.3 Å². The second-order valence-corrected chi connectivity index (χ2v) is 3.43. The Morgan fingerprint density at radius 2 is 1.94 bits per heavy atom. The molecule has 0 bridgehead atoms. The summed E-state index contributed by atoms with van der Waals surface area (Å²) in [5.41, 5.74) is -0.466. The topological polar surface area (TPSA) is 55.8 Å². The minimum atomic E-state index is -1.40. The van der Waals surface area contributed by atoms with Crippen molar-refractivity contribution in [2.45, 2.75) is 13.0 Å². The van der Waals surface area contributed by atoms with E-state index < -0.39 is 28.9 Å². The quantitative estimate of drug-likeness (QED) is 0.864. The first-order valence-corrected chi connectivity index (χ1v) is 4.83. The van der Waals surface area contributed by atoms with E-state index >= 15 is 0 Å². The molecular formula is C11H12F2O4. The lowest BCUT2D eigenvalue weighted by Gasteiger charge is -2.12. The molecule has 0 saturated carbocycles. The Bertz CT molecular complexity index is 397. The van der Waals surface area contributed by atoms with E-state index in [1.807, 2.05) is 0 Å². The van der Waals surface area contributed by atoms with Gasteiger partial charge in [-0.05, 0) is 19.1 Å². The molecule has 4 nitrogen and oxygen atoms in total. The van der Waals surface area contributed by atoms with Crippen molar-refractivity contribution in [1.82, 2.24) is 0 Å². The number of hydrogen-bond acceptors (Lipinski definition) is 3. The average Bonchev–Trinajstić information content (AvgIpc) is 2.27. The fourth-order valence-corrected chi connectivity index (χ4v) is 1.09. The lowest BCUT2D eigenvalue weighted by molar-refractivity contribution is 0.0674. The molecule has 1 aromatic carbocycles. The molecule has 6 heteroatoms. The monoisotopic (exact) mass is 246 g/mol. The summed E-state index contributed by atoms with van der Waals surface area (Å²) in [6.07, 6.45) is -0.326. The largest absolute Gasteiger partial charge is 0.485 e. The Labute approximate surface area is 96.8 Å². The Morgan fingerprint density at radius 1 is 1.41 bits per heavy atom. The van der Waals surface area contributed by atoms with Gasteiger partial charge in [-0.1, -0.05) is 0 Å². The van der Waals surface area contributed by atoms with E-state index in [1.54, 1.807) is 6.92 Å². The molecule has 1 N–H and O–H groups in total. The summed E-state index contributed by atoms with van der Waals surface area (Å²) >= 11 is 0. The zero-order valence-electron chi connectivity index (χ0n) is 9.37. The van der Waals surface area contributed by atoms with Crippen LogP contribution in [0.15, 0.2) is 12.1 Å². The molecule has 0 aliphatic carbocycles. The molecule has 1 atom stereocenters. The number of benzene rings is 1. The number of hydrogen-bond donors (Lipinski definition) is 1. The van der Waals surface area contributed by atoms with Crippen LogP contribution in [-0.4, -0.2) is 30.9 Å². The molecule has 0 saturated heterocycles. The number of halogens is 2. The molecule has 0 aliphatic rings. The predicted molar refractivity (Wildman–Crippen MR) is 55.3 cm³/mol. The predicted octanol–water partition coefficient (Wildman–Crippen LogP) is 2.08. The normalized spacial score (nSPS) is 12.2. The van der Waals surface area contributed by atoms with Gasteiger partial charge < -0.3 is 14.6 Å². The standard InChI is InChI=1S/C11H12F2O4/c1-6(16-2)5-17-10-8(12)3-7(11(14)15)4-9(10)13/h3-4,6H,5H2,1-2H3,(H,14,15). The van der Waals surface area contributed by atoms with E-state index in [-0.39, 0.29) is 12.7 Å². The lowest BCUT2D eigenvalue weighted by atomic mass is 10.2. The van der Waals surface area contributed by atoms with Gasteiger partial charge in [-0.15, -0.1) is 0 Å². The smallest absolute Gasteiger partial charge is 0.335 e. The summed E-state index contributed by atoms with van der Waals surface area (Å²) in [5.74, 6) is -4.10. The van der Waals surface area contributed by atoms with E-state index in [0.717, 1.165) is 0 Å². The van der Waals surface area contributed by atoms with Crippen molar-refractivity contribution < 1.29 is 28.2 Å². The van der Waals surface area contributed by atoms with Gasteiger partial charge in [-0.3, -0.25) is 0 Å². The molecule has 0 spiro atoms. The molecule has 0 amide bonds. The van der Waals surface area contributed by atoms with Crippen LogP contribution >= 0.6 is 0 Å². The van der Waals surface area contributed by atoms with E-state index in [2.05, 4.69) is 0 Å². The maximum Gasteiger partial charge on any atom is 0.335 e. The summed E-state index contributed by atoms with van der Waals surface area (Å²) in [6.45, 7) is 1.64. The fourth-order valence-electron chi connectivity index (χ4n) is 1.09. The highest BCUT2D eigenvalue weighted by molar-refractivity contribution is 5.87. The van der Waals surface area contributed by atoms with Crippen molar-refractivity contribution in [3.63, 3.8) is 0 Å². The van der Waals surface area contributed by atoms with Crippen molar-refractivity contribution in [3.05, 3.63) is 29.3 Å². The zero-order chi connectivity index (χ0) is 13.0. The maximum absolute atomic E-state index is 13.4. The highest BCUT2D eigenvalue weighted by Gasteiger charge is 2.16. The highest BCUT2D eigenvalue weighted by Crippen LogP contribution is 2.23. The third-order valence-electron chi connectivity index (χ3n) is 2.11. The second kappa shape index (κ2) is 5.58. The van der Waals surface area contributed by atoms with Gasteiger partial charge in [0.25, 0.3) is 0 Å². The second-order valence-electron chi connectivity index (χ2n) is 3.43. The van der Waals surface area contributed by atoms with Crippen molar-refractivity contribution in [2.75, 3.05) is 13.7 Å². The number of carboxylic acids is 1. The molecule has 0 aliphatic heterocycles. The minimum absolute atomic E-state index is 0.0310. The Morgan fingerprint density at radius 3 is 2.35 bits per heavy atom. The Balaban J connectivity index is 2.90. The van der Waals surface area contributed by atoms with Gasteiger partial charge in [-0.25, -0.2) is 13.6 Å². The van der Waals surface area contributed by atoms with Crippen LogP contribution in [0.25, 0.3) is 0 Å². The molecule has 0 fully saturated rings. The van der Waals surface area contributed by atoms with Gasteiger partial charge in [0.15, 0.2) is 17.4 Å². The lowest BCUT2D eigenvalue weighted by Crippen LogP contribution is -2.17. The van der Waals surface area contributed by atoms with Gasteiger partial charge >= 0.3 is 5.97 Å². The molecule has 94 valence electrons. The van der Waals surface area contributed by atoms with Crippen molar-refractivity contribution in [1.29, 1.82) is 0 Å². The summed E-state index contributed by atoms with van der Waals surface area (Å²) in [4.78, 5) is 10.5. The van der Waals surface area contributed by atoms with Crippen molar-refractivity contribution in [3.8, 4) is 5.75 Å². The summed E-state index contributed by atoms with van der Waals surface area (Å²) in [5, 5.41) is 8.59. The van der Waals surface area contributed by atoms with E-state index in [1.165, 1.54) is 7.11 Å². The number of ether oxygens (including phenoxy) is 2. The van der Waals surface area contributed by atoms with Crippen molar-refractivity contribution >= 4 is 5.97 Å². The van der Waals surface area contributed by atoms with Crippen LogP contribution in [0.4, 0.5) is 8.78 Å². The van der Waals surface area contributed by atoms with Crippen LogP contribution < -0.4 is 4.74 Å². The molecule has 1 rings (SSSR count). The van der Waals surface area contributed by atoms with Crippen LogP contribution in [0.2, 0.25) is 0 Å². The molecule has 0 aromatic heterocycles. The Hall–Kier alpha value is -1.69. The minimum Gasteiger partial charge on any atom is -0.485 e.